The van der Waals surface area contributed by atoms with E-state index in [9.17, 15) is 26.3 Å². The molecule has 1 aromatic heterocycles. The van der Waals surface area contributed by atoms with Gasteiger partial charge in [0.05, 0.1) is 27.5 Å². The summed E-state index contributed by atoms with van der Waals surface area (Å²) < 4.78 is 82.0. The van der Waals surface area contributed by atoms with Gasteiger partial charge in [-0.15, -0.1) is 0 Å². The van der Waals surface area contributed by atoms with Crippen LogP contribution in [0, 0.1) is 0 Å². The summed E-state index contributed by atoms with van der Waals surface area (Å²) in [5.74, 6) is 0.354. The minimum absolute atomic E-state index is 0.139. The normalized spacial score (nSPS) is 14.7. The number of fused-ring (bicyclic) bond motifs is 1. The lowest BCUT2D eigenvalue weighted by Gasteiger charge is -2.15. The molecule has 164 valence electrons. The van der Waals surface area contributed by atoms with Gasteiger partial charge in [0.2, 0.25) is 0 Å². The molecule has 3 nitrogen and oxygen atoms in total. The largest absolute Gasteiger partial charge is 0.418 e. The van der Waals surface area contributed by atoms with Crippen LogP contribution >= 0.6 is 11.6 Å². The Morgan fingerprint density at radius 1 is 0.903 bits per heavy atom. The SMILES string of the molecule is FC(F)(F)c1cc(-c2nn(-c3ccccc3C(F)(F)F)c3c2CCCCN3)ccc1Cl. The van der Waals surface area contributed by atoms with Crippen LogP contribution in [-0.4, -0.2) is 16.3 Å². The van der Waals surface area contributed by atoms with Gasteiger partial charge in [-0.25, -0.2) is 4.68 Å². The molecule has 0 fully saturated rings. The van der Waals surface area contributed by atoms with Crippen LogP contribution in [0.5, 0.6) is 0 Å². The lowest BCUT2D eigenvalue weighted by molar-refractivity contribution is -0.138. The maximum Gasteiger partial charge on any atom is 0.418 e. The summed E-state index contributed by atoms with van der Waals surface area (Å²) in [7, 11) is 0. The number of nitrogens with zero attached hydrogens (tertiary/aromatic N) is 2. The first kappa shape index (κ1) is 21.5. The van der Waals surface area contributed by atoms with Crippen molar-refractivity contribution in [3.63, 3.8) is 0 Å². The molecular weight excluding hydrogens is 444 g/mol. The second-order valence-corrected chi connectivity index (χ2v) is 7.59. The van der Waals surface area contributed by atoms with Gasteiger partial charge in [0.15, 0.2) is 0 Å². The highest BCUT2D eigenvalue weighted by Crippen LogP contribution is 2.41. The van der Waals surface area contributed by atoms with Crippen molar-refractivity contribution in [3.8, 4) is 16.9 Å². The predicted molar refractivity (Wildman–Crippen MR) is 105 cm³/mol. The fourth-order valence-electron chi connectivity index (χ4n) is 3.70. The maximum absolute atomic E-state index is 13.6. The summed E-state index contributed by atoms with van der Waals surface area (Å²) in [6, 6.07) is 8.37. The van der Waals surface area contributed by atoms with E-state index in [1.54, 1.807) is 0 Å². The molecule has 0 spiro atoms. The third-order valence-electron chi connectivity index (χ3n) is 5.11. The average Bonchev–Trinajstić information content (AvgIpc) is 2.88. The van der Waals surface area contributed by atoms with Crippen LogP contribution in [0.15, 0.2) is 42.5 Å². The summed E-state index contributed by atoms with van der Waals surface area (Å²) in [6.45, 7) is 0.515. The highest BCUT2D eigenvalue weighted by atomic mass is 35.5. The number of hydrogen-bond acceptors (Lipinski definition) is 2. The monoisotopic (exact) mass is 459 g/mol. The molecule has 0 radical (unpaired) electrons. The van der Waals surface area contributed by atoms with Crippen LogP contribution < -0.4 is 5.32 Å². The van der Waals surface area contributed by atoms with E-state index >= 15 is 0 Å². The summed E-state index contributed by atoms with van der Waals surface area (Å²) in [4.78, 5) is 0. The van der Waals surface area contributed by atoms with Crippen molar-refractivity contribution in [2.45, 2.75) is 31.6 Å². The number of nitrogens with one attached hydrogen (secondary N) is 1. The molecule has 1 aliphatic rings. The molecule has 0 bridgehead atoms. The Morgan fingerprint density at radius 2 is 1.61 bits per heavy atom. The molecule has 2 heterocycles. The Bertz CT molecular complexity index is 1120. The first-order valence-corrected chi connectivity index (χ1v) is 9.84. The van der Waals surface area contributed by atoms with E-state index in [0.717, 1.165) is 35.7 Å². The van der Waals surface area contributed by atoms with E-state index in [-0.39, 0.29) is 16.9 Å². The number of para-hydroxylation sites is 1. The van der Waals surface area contributed by atoms with E-state index in [0.29, 0.717) is 24.3 Å². The van der Waals surface area contributed by atoms with Gasteiger partial charge in [-0.05, 0) is 43.5 Å². The third-order valence-corrected chi connectivity index (χ3v) is 5.44. The zero-order valence-corrected chi connectivity index (χ0v) is 16.7. The fraction of sp³-hybridized carbons (Fsp3) is 0.286. The molecule has 1 aliphatic heterocycles. The van der Waals surface area contributed by atoms with Gasteiger partial charge < -0.3 is 5.32 Å². The Morgan fingerprint density at radius 3 is 2.32 bits per heavy atom. The summed E-state index contributed by atoms with van der Waals surface area (Å²) in [5, 5.41) is 6.99. The Hall–Kier alpha value is -2.68. The Labute approximate surface area is 178 Å². The van der Waals surface area contributed by atoms with Crippen molar-refractivity contribution < 1.29 is 26.3 Å². The quantitative estimate of drug-likeness (QED) is 0.419. The zero-order valence-electron chi connectivity index (χ0n) is 15.9. The molecular formula is C21H16ClF6N3. The molecule has 0 saturated carbocycles. The molecule has 4 rings (SSSR count). The molecule has 3 aromatic rings. The molecule has 31 heavy (non-hydrogen) atoms. The van der Waals surface area contributed by atoms with Crippen molar-refractivity contribution in [2.75, 3.05) is 11.9 Å². The molecule has 1 N–H and O–H groups in total. The van der Waals surface area contributed by atoms with Crippen molar-refractivity contribution in [3.05, 3.63) is 64.2 Å². The highest BCUT2D eigenvalue weighted by molar-refractivity contribution is 6.31. The number of halogens is 7. The summed E-state index contributed by atoms with van der Waals surface area (Å²) in [6.07, 6.45) is -7.34. The second kappa shape index (κ2) is 7.78. The summed E-state index contributed by atoms with van der Waals surface area (Å²) >= 11 is 5.73. The minimum Gasteiger partial charge on any atom is -0.370 e. The first-order valence-electron chi connectivity index (χ1n) is 9.47. The number of anilines is 1. The highest BCUT2D eigenvalue weighted by Gasteiger charge is 2.36. The smallest absolute Gasteiger partial charge is 0.370 e. The van der Waals surface area contributed by atoms with Gasteiger partial charge in [-0.3, -0.25) is 0 Å². The van der Waals surface area contributed by atoms with Crippen LogP contribution in [0.2, 0.25) is 5.02 Å². The molecule has 2 aromatic carbocycles. The van der Waals surface area contributed by atoms with Crippen LogP contribution in [0.1, 0.15) is 29.5 Å². The van der Waals surface area contributed by atoms with Crippen LogP contribution in [0.25, 0.3) is 16.9 Å². The van der Waals surface area contributed by atoms with E-state index in [1.807, 2.05) is 0 Å². The standard InChI is InChI=1S/C21H16ClF6N3/c22-16-9-8-12(11-15(16)21(26,27)28)18-13-5-3-4-10-29-19(13)31(30-18)17-7-2-1-6-14(17)20(23,24)25/h1-2,6-9,11,29H,3-5,10H2. The van der Waals surface area contributed by atoms with E-state index in [4.69, 9.17) is 11.6 Å². The number of alkyl halides is 6. The van der Waals surface area contributed by atoms with Crippen molar-refractivity contribution in [1.82, 2.24) is 9.78 Å². The van der Waals surface area contributed by atoms with Crippen molar-refractivity contribution >= 4 is 17.4 Å². The Balaban J connectivity index is 1.95. The van der Waals surface area contributed by atoms with Crippen LogP contribution in [0.3, 0.4) is 0 Å². The van der Waals surface area contributed by atoms with Crippen molar-refractivity contribution in [1.29, 1.82) is 0 Å². The van der Waals surface area contributed by atoms with Gasteiger partial charge in [0.1, 0.15) is 5.82 Å². The number of hydrogen-bond donors (Lipinski definition) is 1. The van der Waals surface area contributed by atoms with E-state index < -0.39 is 28.5 Å². The fourth-order valence-corrected chi connectivity index (χ4v) is 3.92. The maximum atomic E-state index is 13.6. The first-order chi connectivity index (χ1) is 14.6. The van der Waals surface area contributed by atoms with Gasteiger partial charge in [0, 0.05) is 17.7 Å². The van der Waals surface area contributed by atoms with Gasteiger partial charge in [-0.2, -0.15) is 31.4 Å². The lowest BCUT2D eigenvalue weighted by Crippen LogP contribution is -2.14. The third kappa shape index (κ3) is 4.11. The van der Waals surface area contributed by atoms with Gasteiger partial charge in [0.25, 0.3) is 0 Å². The average molecular weight is 460 g/mol. The predicted octanol–water partition coefficient (Wildman–Crippen LogP) is 6.98. The topological polar surface area (TPSA) is 29.9 Å². The van der Waals surface area contributed by atoms with Gasteiger partial charge >= 0.3 is 12.4 Å². The molecule has 0 atom stereocenters. The van der Waals surface area contributed by atoms with E-state index in [1.165, 1.54) is 24.3 Å². The molecule has 10 heteroatoms. The molecule has 0 saturated heterocycles. The second-order valence-electron chi connectivity index (χ2n) is 7.18. The zero-order chi connectivity index (χ0) is 22.4. The molecule has 0 aliphatic carbocycles. The number of benzene rings is 2. The molecule has 0 unspecified atom stereocenters. The van der Waals surface area contributed by atoms with Crippen LogP contribution in [-0.2, 0) is 18.8 Å². The summed E-state index contributed by atoms with van der Waals surface area (Å²) in [5.41, 5.74) is -1.19. The lowest BCUT2D eigenvalue weighted by atomic mass is 10.0. The van der Waals surface area contributed by atoms with Gasteiger partial charge in [-0.1, -0.05) is 29.8 Å². The minimum atomic E-state index is -4.67. The molecule has 0 amide bonds. The van der Waals surface area contributed by atoms with E-state index in [2.05, 4.69) is 10.4 Å². The number of rotatable bonds is 2. The van der Waals surface area contributed by atoms with Crippen molar-refractivity contribution in [2.24, 2.45) is 0 Å². The van der Waals surface area contributed by atoms with Crippen LogP contribution in [0.4, 0.5) is 32.2 Å². The Kier molecular flexibility index (Phi) is 5.41. The number of aromatic nitrogens is 2.